The number of aryl methyl sites for hydroxylation is 1. The van der Waals surface area contributed by atoms with Gasteiger partial charge in [-0.2, -0.15) is 0 Å². The summed E-state index contributed by atoms with van der Waals surface area (Å²) < 4.78 is 0. The van der Waals surface area contributed by atoms with Crippen molar-refractivity contribution in [1.82, 2.24) is 0 Å². The van der Waals surface area contributed by atoms with Gasteiger partial charge in [-0.1, -0.05) is 24.8 Å². The van der Waals surface area contributed by atoms with E-state index in [2.05, 4.69) is 24.1 Å². The molecule has 0 aromatic heterocycles. The summed E-state index contributed by atoms with van der Waals surface area (Å²) >= 11 is 0. The van der Waals surface area contributed by atoms with Crippen LogP contribution in [-0.4, -0.2) is 12.5 Å². The Morgan fingerprint density at radius 1 is 1.56 bits per heavy atom. The number of carbonyl (C=O) groups is 1. The molecule has 0 saturated heterocycles. The zero-order valence-electron chi connectivity index (χ0n) is 10.8. The molecule has 18 heavy (non-hydrogen) atoms. The number of anilines is 1. The second-order valence-electron chi connectivity index (χ2n) is 4.86. The Balaban J connectivity index is 2.19. The van der Waals surface area contributed by atoms with Crippen molar-refractivity contribution < 1.29 is 4.79 Å². The first-order valence-electron chi connectivity index (χ1n) is 6.22. The average molecular weight is 242 g/mol. The highest BCUT2D eigenvalue weighted by Gasteiger charge is 2.39. The lowest BCUT2D eigenvalue weighted by atomic mass is 10.1. The number of rotatable bonds is 2. The lowest BCUT2D eigenvalue weighted by Crippen LogP contribution is -2.15. The number of hydrogen-bond donors (Lipinski definition) is 2. The van der Waals surface area contributed by atoms with Crippen LogP contribution >= 0.6 is 0 Å². The van der Waals surface area contributed by atoms with Crippen LogP contribution in [0.4, 0.5) is 5.69 Å². The van der Waals surface area contributed by atoms with Crippen LogP contribution in [0.2, 0.25) is 0 Å². The maximum Gasteiger partial charge on any atom is 0.227 e. The molecule has 2 rings (SSSR count). The SMILES string of the molecule is Cc1ccc(C#CCN)c(NC(=O)C2CC2C)c1. The predicted molar refractivity (Wildman–Crippen MR) is 73.0 cm³/mol. The Labute approximate surface area is 108 Å². The van der Waals surface area contributed by atoms with Crippen molar-refractivity contribution in [2.45, 2.75) is 20.3 Å². The molecule has 1 aliphatic rings. The van der Waals surface area contributed by atoms with Crippen LogP contribution < -0.4 is 11.1 Å². The largest absolute Gasteiger partial charge is 0.325 e. The third-order valence-corrected chi connectivity index (χ3v) is 3.20. The molecule has 3 N–H and O–H groups in total. The molecule has 1 aromatic carbocycles. The van der Waals surface area contributed by atoms with Gasteiger partial charge in [0.25, 0.3) is 0 Å². The van der Waals surface area contributed by atoms with Gasteiger partial charge in [-0.3, -0.25) is 4.79 Å². The summed E-state index contributed by atoms with van der Waals surface area (Å²) in [6.45, 7) is 4.41. The van der Waals surface area contributed by atoms with Crippen LogP contribution in [0.25, 0.3) is 0 Å². The minimum Gasteiger partial charge on any atom is -0.325 e. The van der Waals surface area contributed by atoms with Crippen LogP contribution in [0.1, 0.15) is 24.5 Å². The fourth-order valence-corrected chi connectivity index (χ4v) is 1.93. The molecule has 2 atom stereocenters. The molecule has 94 valence electrons. The second kappa shape index (κ2) is 5.24. The van der Waals surface area contributed by atoms with Crippen LogP contribution in [0, 0.1) is 30.6 Å². The van der Waals surface area contributed by atoms with Gasteiger partial charge in [-0.05, 0) is 37.0 Å². The lowest BCUT2D eigenvalue weighted by Gasteiger charge is -2.08. The van der Waals surface area contributed by atoms with E-state index in [4.69, 9.17) is 5.73 Å². The quantitative estimate of drug-likeness (QED) is 0.778. The molecule has 1 saturated carbocycles. The van der Waals surface area contributed by atoms with Crippen molar-refractivity contribution in [2.75, 3.05) is 11.9 Å². The van der Waals surface area contributed by atoms with Gasteiger partial charge in [0.2, 0.25) is 5.91 Å². The van der Waals surface area contributed by atoms with Gasteiger partial charge < -0.3 is 11.1 Å². The predicted octanol–water partition coefficient (Wildman–Crippen LogP) is 1.90. The van der Waals surface area contributed by atoms with E-state index < -0.39 is 0 Å². The summed E-state index contributed by atoms with van der Waals surface area (Å²) in [6.07, 6.45) is 0.988. The molecule has 1 aliphatic carbocycles. The third kappa shape index (κ3) is 2.91. The van der Waals surface area contributed by atoms with Crippen LogP contribution in [0.3, 0.4) is 0 Å². The van der Waals surface area contributed by atoms with Gasteiger partial charge in [-0.15, -0.1) is 0 Å². The average Bonchev–Trinajstić information content (AvgIpc) is 3.05. The molecule has 0 aliphatic heterocycles. The fourth-order valence-electron chi connectivity index (χ4n) is 1.93. The van der Waals surface area contributed by atoms with Gasteiger partial charge in [0.1, 0.15) is 0 Å². The van der Waals surface area contributed by atoms with Crippen molar-refractivity contribution in [2.24, 2.45) is 17.6 Å². The van der Waals surface area contributed by atoms with Crippen LogP contribution in [0.15, 0.2) is 18.2 Å². The van der Waals surface area contributed by atoms with E-state index in [1.807, 2.05) is 25.1 Å². The summed E-state index contributed by atoms with van der Waals surface area (Å²) in [5.41, 5.74) is 8.10. The highest BCUT2D eigenvalue weighted by atomic mass is 16.2. The lowest BCUT2D eigenvalue weighted by molar-refractivity contribution is -0.117. The molecular weight excluding hydrogens is 224 g/mol. The Hall–Kier alpha value is -1.79. The summed E-state index contributed by atoms with van der Waals surface area (Å²) in [4.78, 5) is 11.9. The van der Waals surface area contributed by atoms with E-state index in [1.165, 1.54) is 0 Å². The van der Waals surface area contributed by atoms with E-state index in [9.17, 15) is 4.79 Å². The summed E-state index contributed by atoms with van der Waals surface area (Å²) in [5, 5.41) is 2.97. The molecule has 1 fully saturated rings. The minimum atomic E-state index is 0.101. The number of hydrogen-bond acceptors (Lipinski definition) is 2. The van der Waals surface area contributed by atoms with Crippen molar-refractivity contribution in [3.8, 4) is 11.8 Å². The molecule has 2 unspecified atom stereocenters. The molecule has 0 heterocycles. The number of amides is 1. The zero-order valence-corrected chi connectivity index (χ0v) is 10.8. The van der Waals surface area contributed by atoms with Gasteiger partial charge >= 0.3 is 0 Å². The van der Waals surface area contributed by atoms with E-state index in [-0.39, 0.29) is 11.8 Å². The molecule has 1 aromatic rings. The first-order chi connectivity index (χ1) is 8.61. The van der Waals surface area contributed by atoms with Gasteiger partial charge in [-0.25, -0.2) is 0 Å². The molecule has 0 bridgehead atoms. The zero-order chi connectivity index (χ0) is 13.1. The first kappa shape index (κ1) is 12.7. The Morgan fingerprint density at radius 3 is 2.89 bits per heavy atom. The first-order valence-corrected chi connectivity index (χ1v) is 6.22. The van der Waals surface area contributed by atoms with Crippen molar-refractivity contribution in [1.29, 1.82) is 0 Å². The Kier molecular flexibility index (Phi) is 3.69. The van der Waals surface area contributed by atoms with Crippen molar-refractivity contribution in [3.63, 3.8) is 0 Å². The number of carbonyl (C=O) groups excluding carboxylic acids is 1. The molecule has 3 nitrogen and oxygen atoms in total. The summed E-state index contributed by atoms with van der Waals surface area (Å²) in [5.74, 6) is 6.58. The molecule has 1 amide bonds. The van der Waals surface area contributed by atoms with Crippen LogP contribution in [0.5, 0.6) is 0 Å². The standard InChI is InChI=1S/C15H18N2O/c1-10-5-6-12(4-3-7-16)14(8-10)17-15(18)13-9-11(13)2/h5-6,8,11,13H,7,9,16H2,1-2H3,(H,17,18). The Bertz CT molecular complexity index is 525. The van der Waals surface area contributed by atoms with E-state index in [0.29, 0.717) is 12.5 Å². The normalized spacial score (nSPS) is 20.8. The third-order valence-electron chi connectivity index (χ3n) is 3.20. The topological polar surface area (TPSA) is 55.1 Å². The summed E-state index contributed by atoms with van der Waals surface area (Å²) in [7, 11) is 0. The smallest absolute Gasteiger partial charge is 0.227 e. The highest BCUT2D eigenvalue weighted by Crippen LogP contribution is 2.38. The minimum absolute atomic E-state index is 0.101. The van der Waals surface area contributed by atoms with Gasteiger partial charge in [0, 0.05) is 11.5 Å². The highest BCUT2D eigenvalue weighted by molar-refractivity contribution is 5.95. The van der Waals surface area contributed by atoms with E-state index in [1.54, 1.807) is 0 Å². The van der Waals surface area contributed by atoms with Gasteiger partial charge in [0.15, 0.2) is 0 Å². The molecule has 3 heteroatoms. The fraction of sp³-hybridized carbons (Fsp3) is 0.400. The van der Waals surface area contributed by atoms with Crippen molar-refractivity contribution in [3.05, 3.63) is 29.3 Å². The van der Waals surface area contributed by atoms with E-state index in [0.717, 1.165) is 23.2 Å². The van der Waals surface area contributed by atoms with Crippen LogP contribution in [-0.2, 0) is 4.79 Å². The van der Waals surface area contributed by atoms with Crippen molar-refractivity contribution >= 4 is 11.6 Å². The second-order valence-corrected chi connectivity index (χ2v) is 4.86. The monoisotopic (exact) mass is 242 g/mol. The maximum atomic E-state index is 11.9. The maximum absolute atomic E-state index is 11.9. The van der Waals surface area contributed by atoms with Gasteiger partial charge in [0.05, 0.1) is 12.2 Å². The summed E-state index contributed by atoms with van der Waals surface area (Å²) in [6, 6.07) is 5.85. The number of nitrogens with two attached hydrogens (primary N) is 1. The number of nitrogens with one attached hydrogen (secondary N) is 1. The molecule has 0 radical (unpaired) electrons. The van der Waals surface area contributed by atoms with E-state index >= 15 is 0 Å². The molecular formula is C15H18N2O. The number of benzene rings is 1. The molecule has 0 spiro atoms. The Morgan fingerprint density at radius 2 is 2.28 bits per heavy atom.